The largest absolute Gasteiger partial charge is 0.381 e. The molecule has 0 amide bonds. The highest BCUT2D eigenvalue weighted by Gasteiger charge is 2.10. The number of nitrogens with two attached hydrogens (primary N) is 1. The molecule has 0 bridgehead atoms. The number of fused-ring (bicyclic) bond motifs is 1. The molecule has 0 unspecified atom stereocenters. The fraction of sp³-hybridized carbons (Fsp3) is 0.176. The fourth-order valence-electron chi connectivity index (χ4n) is 2.33. The predicted molar refractivity (Wildman–Crippen MR) is 87.2 cm³/mol. The Hall–Kier alpha value is -2.62. The Labute approximate surface area is 124 Å². The second-order valence-electron chi connectivity index (χ2n) is 5.26. The molecule has 2 N–H and O–H groups in total. The summed E-state index contributed by atoms with van der Waals surface area (Å²) in [7, 11) is 1.98. The van der Waals surface area contributed by atoms with E-state index >= 15 is 0 Å². The first-order chi connectivity index (χ1) is 10.1. The van der Waals surface area contributed by atoms with Crippen molar-refractivity contribution in [3.8, 4) is 0 Å². The lowest BCUT2D eigenvalue weighted by Crippen LogP contribution is -2.20. The van der Waals surface area contributed by atoms with Crippen LogP contribution in [0.4, 0.5) is 11.6 Å². The number of rotatable bonds is 3. The van der Waals surface area contributed by atoms with Crippen molar-refractivity contribution in [2.24, 2.45) is 0 Å². The van der Waals surface area contributed by atoms with Crippen molar-refractivity contribution >= 4 is 22.7 Å². The third-order valence-corrected chi connectivity index (χ3v) is 3.48. The van der Waals surface area contributed by atoms with E-state index in [1.165, 1.54) is 11.1 Å². The van der Waals surface area contributed by atoms with Crippen LogP contribution in [-0.2, 0) is 6.54 Å². The summed E-state index contributed by atoms with van der Waals surface area (Å²) in [6.45, 7) is 2.83. The van der Waals surface area contributed by atoms with E-state index in [1.54, 1.807) is 0 Å². The number of hydrogen-bond donors (Lipinski definition) is 1. The molecule has 3 aromatic rings. The predicted octanol–water partition coefficient (Wildman–Crippen LogP) is 3.16. The van der Waals surface area contributed by atoms with E-state index in [0.717, 1.165) is 17.6 Å². The van der Waals surface area contributed by atoms with Crippen molar-refractivity contribution in [2.45, 2.75) is 13.5 Å². The molecule has 0 aliphatic heterocycles. The summed E-state index contributed by atoms with van der Waals surface area (Å²) in [6.07, 6.45) is 0. The van der Waals surface area contributed by atoms with Gasteiger partial charge in [0.1, 0.15) is 0 Å². The first-order valence-electron chi connectivity index (χ1n) is 6.92. The monoisotopic (exact) mass is 278 g/mol. The summed E-state index contributed by atoms with van der Waals surface area (Å²) in [5.41, 5.74) is 10.2. The highest BCUT2D eigenvalue weighted by atomic mass is 15.2. The van der Waals surface area contributed by atoms with Gasteiger partial charge < -0.3 is 10.6 Å². The first-order valence-corrected chi connectivity index (χ1v) is 6.92. The molecule has 3 rings (SSSR count). The van der Waals surface area contributed by atoms with Crippen molar-refractivity contribution in [1.82, 2.24) is 9.97 Å². The minimum absolute atomic E-state index is 0.461. The summed E-state index contributed by atoms with van der Waals surface area (Å²) in [6, 6.07) is 16.2. The topological polar surface area (TPSA) is 55.0 Å². The van der Waals surface area contributed by atoms with Gasteiger partial charge in [-0.1, -0.05) is 42.0 Å². The molecular weight excluding hydrogens is 260 g/mol. The SMILES string of the molecule is Cc1ccc(CN(C)c2nc3ccccc3nc2N)cc1. The molecule has 1 aromatic heterocycles. The standard InChI is InChI=1S/C17H18N4/c1-12-7-9-13(10-8-12)11-21(2)17-16(18)19-14-5-3-4-6-15(14)20-17/h3-10H,11H2,1-2H3,(H2,18,19). The normalized spacial score (nSPS) is 10.8. The van der Waals surface area contributed by atoms with Crippen molar-refractivity contribution in [3.05, 3.63) is 59.7 Å². The number of hydrogen-bond acceptors (Lipinski definition) is 4. The average molecular weight is 278 g/mol. The van der Waals surface area contributed by atoms with E-state index in [9.17, 15) is 0 Å². The molecule has 2 aromatic carbocycles. The van der Waals surface area contributed by atoms with Gasteiger partial charge in [-0.2, -0.15) is 0 Å². The quantitative estimate of drug-likeness (QED) is 0.799. The van der Waals surface area contributed by atoms with Crippen LogP contribution in [0.1, 0.15) is 11.1 Å². The minimum Gasteiger partial charge on any atom is -0.381 e. The van der Waals surface area contributed by atoms with Crippen molar-refractivity contribution in [3.63, 3.8) is 0 Å². The van der Waals surface area contributed by atoms with Crippen LogP contribution in [0.5, 0.6) is 0 Å². The van der Waals surface area contributed by atoms with Gasteiger partial charge in [0.05, 0.1) is 11.0 Å². The van der Waals surface area contributed by atoms with E-state index in [1.807, 2.05) is 36.2 Å². The lowest BCUT2D eigenvalue weighted by molar-refractivity contribution is 0.899. The molecule has 106 valence electrons. The van der Waals surface area contributed by atoms with E-state index in [-0.39, 0.29) is 0 Å². The van der Waals surface area contributed by atoms with Crippen LogP contribution in [0.15, 0.2) is 48.5 Å². The second kappa shape index (κ2) is 5.40. The average Bonchev–Trinajstić information content (AvgIpc) is 2.49. The highest BCUT2D eigenvalue weighted by molar-refractivity contribution is 5.79. The molecule has 0 saturated carbocycles. The Balaban J connectivity index is 1.91. The highest BCUT2D eigenvalue weighted by Crippen LogP contribution is 2.22. The van der Waals surface area contributed by atoms with Crippen LogP contribution in [0.2, 0.25) is 0 Å². The van der Waals surface area contributed by atoms with Gasteiger partial charge in [-0.25, -0.2) is 9.97 Å². The van der Waals surface area contributed by atoms with Gasteiger partial charge in [0.25, 0.3) is 0 Å². The zero-order valence-corrected chi connectivity index (χ0v) is 12.2. The molecule has 21 heavy (non-hydrogen) atoms. The molecule has 0 atom stereocenters. The van der Waals surface area contributed by atoms with E-state index in [2.05, 4.69) is 41.2 Å². The molecule has 0 spiro atoms. The number of nitrogen functional groups attached to an aromatic ring is 1. The maximum absolute atomic E-state index is 6.05. The van der Waals surface area contributed by atoms with Crippen LogP contribution >= 0.6 is 0 Å². The fourth-order valence-corrected chi connectivity index (χ4v) is 2.33. The smallest absolute Gasteiger partial charge is 0.172 e. The summed E-state index contributed by atoms with van der Waals surface area (Å²) in [5, 5.41) is 0. The van der Waals surface area contributed by atoms with Gasteiger partial charge in [0.15, 0.2) is 11.6 Å². The van der Waals surface area contributed by atoms with Crippen LogP contribution in [0.3, 0.4) is 0 Å². The summed E-state index contributed by atoms with van der Waals surface area (Å²) in [5.74, 6) is 1.18. The van der Waals surface area contributed by atoms with E-state index in [4.69, 9.17) is 5.73 Å². The Kier molecular flexibility index (Phi) is 3.44. The third kappa shape index (κ3) is 2.79. The molecule has 4 nitrogen and oxygen atoms in total. The van der Waals surface area contributed by atoms with Crippen LogP contribution in [0.25, 0.3) is 11.0 Å². The van der Waals surface area contributed by atoms with Gasteiger partial charge in [-0.15, -0.1) is 0 Å². The Morgan fingerprint density at radius 3 is 2.24 bits per heavy atom. The number of aromatic nitrogens is 2. The lowest BCUT2D eigenvalue weighted by atomic mass is 10.1. The molecule has 0 radical (unpaired) electrons. The number of anilines is 2. The molecule has 0 fully saturated rings. The van der Waals surface area contributed by atoms with E-state index in [0.29, 0.717) is 11.6 Å². The van der Waals surface area contributed by atoms with Gasteiger partial charge in [0, 0.05) is 13.6 Å². The van der Waals surface area contributed by atoms with Crippen LogP contribution in [-0.4, -0.2) is 17.0 Å². The van der Waals surface area contributed by atoms with Gasteiger partial charge in [-0.3, -0.25) is 0 Å². The molecule has 0 aliphatic carbocycles. The van der Waals surface area contributed by atoms with Crippen LogP contribution in [0, 0.1) is 6.92 Å². The number of benzene rings is 2. The maximum Gasteiger partial charge on any atom is 0.172 e. The maximum atomic E-state index is 6.05. The number of aryl methyl sites for hydroxylation is 1. The minimum atomic E-state index is 0.461. The van der Waals surface area contributed by atoms with Crippen LogP contribution < -0.4 is 10.6 Å². The molecule has 0 aliphatic rings. The Morgan fingerprint density at radius 1 is 0.952 bits per heavy atom. The Bertz CT molecular complexity index is 765. The third-order valence-electron chi connectivity index (χ3n) is 3.48. The molecule has 4 heteroatoms. The van der Waals surface area contributed by atoms with Gasteiger partial charge in [0.2, 0.25) is 0 Å². The first kappa shape index (κ1) is 13.4. The molecule has 1 heterocycles. The van der Waals surface area contributed by atoms with Gasteiger partial charge in [-0.05, 0) is 24.6 Å². The summed E-state index contributed by atoms with van der Waals surface area (Å²) in [4.78, 5) is 11.1. The number of para-hydroxylation sites is 2. The Morgan fingerprint density at radius 2 is 1.57 bits per heavy atom. The number of nitrogens with zero attached hydrogens (tertiary/aromatic N) is 3. The van der Waals surface area contributed by atoms with E-state index < -0.39 is 0 Å². The zero-order chi connectivity index (χ0) is 14.8. The molecular formula is C17H18N4. The summed E-state index contributed by atoms with van der Waals surface area (Å²) >= 11 is 0. The lowest BCUT2D eigenvalue weighted by Gasteiger charge is -2.20. The zero-order valence-electron chi connectivity index (χ0n) is 12.2. The second-order valence-corrected chi connectivity index (χ2v) is 5.26. The van der Waals surface area contributed by atoms with Gasteiger partial charge >= 0.3 is 0 Å². The van der Waals surface area contributed by atoms with Crippen molar-refractivity contribution in [2.75, 3.05) is 17.7 Å². The van der Waals surface area contributed by atoms with Crippen molar-refractivity contribution < 1.29 is 0 Å². The molecule has 0 saturated heterocycles. The van der Waals surface area contributed by atoms with Crippen molar-refractivity contribution in [1.29, 1.82) is 0 Å². The summed E-state index contributed by atoms with van der Waals surface area (Å²) < 4.78 is 0.